The van der Waals surface area contributed by atoms with Crippen LogP contribution in [0.3, 0.4) is 0 Å². The van der Waals surface area contributed by atoms with E-state index in [1.165, 1.54) is 122 Å². The molecule has 0 N–H and O–H groups in total. The van der Waals surface area contributed by atoms with Crippen LogP contribution in [-0.2, 0) is 36.8 Å². The predicted molar refractivity (Wildman–Crippen MR) is 276 cm³/mol. The lowest BCUT2D eigenvalue weighted by Crippen LogP contribution is -2.35. The Morgan fingerprint density at radius 1 is 0.662 bits per heavy atom. The second kappa shape index (κ2) is 41.4. The molecule has 1 aliphatic heterocycles. The molecule has 65 heavy (non-hydrogen) atoms. The average molecular weight is 927 g/mol. The molecule has 0 bridgehead atoms. The molecule has 1 amide bonds. The van der Waals surface area contributed by atoms with E-state index >= 15 is 0 Å². The lowest BCUT2D eigenvalue weighted by Gasteiger charge is -2.27. The molecule has 0 unspecified atom stereocenters. The van der Waals surface area contributed by atoms with Crippen LogP contribution in [0.15, 0.2) is 24.3 Å². The molecule has 0 saturated heterocycles. The molecule has 0 aliphatic carbocycles. The number of carbonyl (C=O) groups excluding carboxylic acids is 4. The summed E-state index contributed by atoms with van der Waals surface area (Å²) >= 11 is 1.60. The van der Waals surface area contributed by atoms with E-state index in [1.54, 1.807) is 18.3 Å². The summed E-state index contributed by atoms with van der Waals surface area (Å²) in [4.78, 5) is 55.4. The number of hydrogen-bond acceptors (Lipinski definition) is 8. The van der Waals surface area contributed by atoms with Gasteiger partial charge in [0, 0.05) is 42.1 Å². The molecule has 8 nitrogen and oxygen atoms in total. The number of hydrogen-bond donors (Lipinski definition) is 0. The highest BCUT2D eigenvalue weighted by molar-refractivity contribution is 7.12. The Balaban J connectivity index is 0.000000885. The van der Waals surface area contributed by atoms with E-state index in [-0.39, 0.29) is 23.9 Å². The van der Waals surface area contributed by atoms with Gasteiger partial charge >= 0.3 is 11.9 Å². The molecule has 9 heteroatoms. The minimum atomic E-state index is -0.239. The Morgan fingerprint density at radius 2 is 1.18 bits per heavy atom. The van der Waals surface area contributed by atoms with Crippen LogP contribution in [-0.4, -0.2) is 73.3 Å². The van der Waals surface area contributed by atoms with Crippen molar-refractivity contribution in [3.63, 3.8) is 0 Å². The fourth-order valence-electron chi connectivity index (χ4n) is 8.34. The van der Waals surface area contributed by atoms with Gasteiger partial charge in [-0.2, -0.15) is 0 Å². The summed E-state index contributed by atoms with van der Waals surface area (Å²) in [6, 6.07) is 0. The first kappa shape index (κ1) is 60.2. The van der Waals surface area contributed by atoms with Gasteiger partial charge in [0.05, 0.1) is 18.7 Å². The molecule has 1 aromatic rings. The van der Waals surface area contributed by atoms with Gasteiger partial charge < -0.3 is 24.1 Å². The molecule has 1 aliphatic rings. The normalized spacial score (nSPS) is 12.6. The minimum absolute atomic E-state index is 0.0356. The van der Waals surface area contributed by atoms with Crippen LogP contribution < -0.4 is 0 Å². The van der Waals surface area contributed by atoms with E-state index in [0.717, 1.165) is 73.2 Å². The first-order valence-corrected chi connectivity index (χ1v) is 27.5. The highest BCUT2D eigenvalue weighted by Gasteiger charge is 2.29. The van der Waals surface area contributed by atoms with Crippen molar-refractivity contribution in [3.05, 3.63) is 45.2 Å². The zero-order chi connectivity index (χ0) is 47.8. The van der Waals surface area contributed by atoms with E-state index in [1.807, 2.05) is 25.9 Å². The van der Waals surface area contributed by atoms with Crippen molar-refractivity contribution in [2.45, 2.75) is 253 Å². The van der Waals surface area contributed by atoms with E-state index in [2.05, 4.69) is 50.0 Å². The lowest BCUT2D eigenvalue weighted by atomic mass is 10.0. The van der Waals surface area contributed by atoms with E-state index < -0.39 is 0 Å². The molecule has 0 atom stereocenters. The average Bonchev–Trinajstić information content (AvgIpc) is 3.62. The van der Waals surface area contributed by atoms with E-state index in [4.69, 9.17) is 9.47 Å². The Labute approximate surface area is 403 Å². The molecule has 2 rings (SSSR count). The number of thiophene rings is 1. The number of Topliss-reactive ketones (excluding diaryl/α,β-unsaturated/α-hetero) is 1. The second-order valence-corrected chi connectivity index (χ2v) is 20.2. The number of ketones is 1. The maximum atomic E-state index is 13.0. The molecule has 0 radical (unpaired) electrons. The molecular weight excluding hydrogens is 829 g/mol. The van der Waals surface area contributed by atoms with Crippen LogP contribution in [0, 0.1) is 6.92 Å². The Kier molecular flexibility index (Phi) is 38.4. The van der Waals surface area contributed by atoms with Crippen LogP contribution in [0.4, 0.5) is 0 Å². The molecule has 0 saturated carbocycles. The van der Waals surface area contributed by atoms with Crippen molar-refractivity contribution >= 4 is 35.0 Å². The third-order valence-corrected chi connectivity index (χ3v) is 13.5. The number of aryl methyl sites for hydroxylation is 1. The predicted octanol–water partition coefficient (Wildman–Crippen LogP) is 15.4. The maximum Gasteiger partial charge on any atom is 0.339 e. The summed E-state index contributed by atoms with van der Waals surface area (Å²) in [5.74, 6) is 0.103. The smallest absolute Gasteiger partial charge is 0.339 e. The van der Waals surface area contributed by atoms with Crippen molar-refractivity contribution in [2.75, 3.05) is 33.8 Å². The molecular formula is C56H98N2O6S. The van der Waals surface area contributed by atoms with E-state index in [9.17, 15) is 19.2 Å². The zero-order valence-corrected chi connectivity index (χ0v) is 43.9. The summed E-state index contributed by atoms with van der Waals surface area (Å²) in [7, 11) is 4.02. The van der Waals surface area contributed by atoms with E-state index in [0.29, 0.717) is 63.1 Å². The molecule has 0 aromatic carbocycles. The Bertz CT molecular complexity index is 1420. The standard InChI is InChI=1S/C37H64N2O5S.C19H34O/c1-6-8-10-12-14-16-21-31(22-17-15-13-11-9-7-2)44-35(41)24-19-18-23-34(40)39-27-25-32-33(29-39)45-30(3)36(32)37(42)43-28-20-26-38(4)5;1-3-4-5-6-7-8-9-10-11-12-13-14-15-16-17-18-19(2)20/h31H,6-29H2,1-5H3;7-8,10-11H,3-6,9,12-18H2,1-2H3/b;8-7-,11-10-. The van der Waals surface area contributed by atoms with Crippen LogP contribution in [0.1, 0.15) is 252 Å². The van der Waals surface area contributed by atoms with Gasteiger partial charge in [0.15, 0.2) is 0 Å². The largest absolute Gasteiger partial charge is 0.462 e. The molecule has 0 spiro atoms. The quantitative estimate of drug-likeness (QED) is 0.0369. The number of unbranched alkanes of at least 4 members (excludes halogenated alkanes) is 19. The first-order valence-electron chi connectivity index (χ1n) is 26.7. The summed E-state index contributed by atoms with van der Waals surface area (Å²) in [5, 5.41) is 0. The molecule has 374 valence electrons. The van der Waals surface area contributed by atoms with Crippen molar-refractivity contribution in [1.82, 2.24) is 9.80 Å². The number of fused-ring (bicyclic) bond motifs is 1. The first-order chi connectivity index (χ1) is 31.5. The maximum absolute atomic E-state index is 13.0. The second-order valence-electron chi connectivity index (χ2n) is 18.9. The number of nitrogens with zero attached hydrogens (tertiary/aromatic N) is 2. The van der Waals surface area contributed by atoms with Crippen molar-refractivity contribution < 1.29 is 28.7 Å². The topological polar surface area (TPSA) is 93.2 Å². The van der Waals surface area contributed by atoms with Gasteiger partial charge in [0.25, 0.3) is 0 Å². The third-order valence-electron chi connectivity index (χ3n) is 12.3. The van der Waals surface area contributed by atoms with Gasteiger partial charge in [-0.25, -0.2) is 4.79 Å². The van der Waals surface area contributed by atoms with Gasteiger partial charge in [0.1, 0.15) is 11.9 Å². The summed E-state index contributed by atoms with van der Waals surface area (Å²) in [6.45, 7) is 12.8. The van der Waals surface area contributed by atoms with Crippen molar-refractivity contribution in [3.8, 4) is 0 Å². The van der Waals surface area contributed by atoms with Crippen molar-refractivity contribution in [2.24, 2.45) is 0 Å². The number of esters is 2. The molecule has 1 aromatic heterocycles. The summed E-state index contributed by atoms with van der Waals surface area (Å²) < 4.78 is 11.5. The highest BCUT2D eigenvalue weighted by atomic mass is 32.1. The molecule has 2 heterocycles. The summed E-state index contributed by atoms with van der Waals surface area (Å²) in [6.07, 6.45) is 44.3. The van der Waals surface area contributed by atoms with Gasteiger partial charge in [0.2, 0.25) is 5.91 Å². The van der Waals surface area contributed by atoms with Crippen LogP contribution in [0.2, 0.25) is 0 Å². The SMILES string of the molecule is CCCCC/C=C\C/C=C\CCCCCCCC(C)=O.CCCCCCCCC(CCCCCCCC)OC(=O)CCCCC(=O)N1CCc2c(sc(C)c2C(=O)OCCCN(C)C)C1. The van der Waals surface area contributed by atoms with Gasteiger partial charge in [-0.15, -0.1) is 11.3 Å². The number of rotatable bonds is 39. The minimum Gasteiger partial charge on any atom is -0.462 e. The van der Waals surface area contributed by atoms with Crippen LogP contribution in [0.5, 0.6) is 0 Å². The van der Waals surface area contributed by atoms with Crippen molar-refractivity contribution in [1.29, 1.82) is 0 Å². The van der Waals surface area contributed by atoms with Crippen LogP contribution in [0.25, 0.3) is 0 Å². The van der Waals surface area contributed by atoms with Gasteiger partial charge in [-0.05, 0) is 123 Å². The number of allylic oxidation sites excluding steroid dienone is 4. The van der Waals surface area contributed by atoms with Gasteiger partial charge in [-0.3, -0.25) is 9.59 Å². The fourth-order valence-corrected chi connectivity index (χ4v) is 9.56. The fraction of sp³-hybridized carbons (Fsp3) is 0.786. The Hall–Kier alpha value is -2.78. The van der Waals surface area contributed by atoms with Gasteiger partial charge in [-0.1, -0.05) is 141 Å². The molecule has 0 fully saturated rings. The number of amides is 1. The lowest BCUT2D eigenvalue weighted by molar-refractivity contribution is -0.150. The summed E-state index contributed by atoms with van der Waals surface area (Å²) in [5.41, 5.74) is 1.76. The Morgan fingerprint density at radius 3 is 1.78 bits per heavy atom. The van der Waals surface area contributed by atoms with Crippen LogP contribution >= 0.6 is 11.3 Å². The number of carbonyl (C=O) groups is 4. The number of ether oxygens (including phenoxy) is 2. The third kappa shape index (κ3) is 32.5. The monoisotopic (exact) mass is 927 g/mol. The highest BCUT2D eigenvalue weighted by Crippen LogP contribution is 2.34. The zero-order valence-electron chi connectivity index (χ0n) is 43.1.